The highest BCUT2D eigenvalue weighted by atomic mass is 16.5. The van der Waals surface area contributed by atoms with Crippen molar-refractivity contribution in [2.75, 3.05) is 19.8 Å². The molecule has 0 saturated heterocycles. The summed E-state index contributed by atoms with van der Waals surface area (Å²) in [4.78, 5) is 4.47. The van der Waals surface area contributed by atoms with E-state index in [1.54, 1.807) is 0 Å². The van der Waals surface area contributed by atoms with E-state index >= 15 is 0 Å². The number of hydrogen-bond donors (Lipinski definition) is 1. The van der Waals surface area contributed by atoms with Crippen molar-refractivity contribution in [1.82, 2.24) is 10.3 Å². The van der Waals surface area contributed by atoms with E-state index in [1.807, 2.05) is 18.2 Å². The average Bonchev–Trinajstić information content (AvgIpc) is 2.35. The normalized spacial score (nSPS) is 11.9. The molecule has 1 aromatic rings. The molecule has 114 valence electrons. The Kier molecular flexibility index (Phi) is 6.96. The SMILES string of the molecule is CC(C)COCCOc1cccc(CNC(C)(C)C)n1. The maximum absolute atomic E-state index is 5.60. The molecule has 1 heterocycles. The molecule has 0 aliphatic heterocycles. The van der Waals surface area contributed by atoms with Crippen molar-refractivity contribution in [3.63, 3.8) is 0 Å². The van der Waals surface area contributed by atoms with Gasteiger partial charge in [0.1, 0.15) is 6.61 Å². The molecular weight excluding hydrogens is 252 g/mol. The second-order valence-electron chi connectivity index (χ2n) is 6.39. The van der Waals surface area contributed by atoms with E-state index in [0.717, 1.165) is 18.8 Å². The van der Waals surface area contributed by atoms with Gasteiger partial charge in [0.25, 0.3) is 0 Å². The summed E-state index contributed by atoms with van der Waals surface area (Å²) in [5, 5.41) is 3.41. The lowest BCUT2D eigenvalue weighted by atomic mass is 10.1. The molecular formula is C16H28N2O2. The van der Waals surface area contributed by atoms with Crippen LogP contribution < -0.4 is 10.1 Å². The van der Waals surface area contributed by atoms with Gasteiger partial charge in [-0.1, -0.05) is 19.9 Å². The lowest BCUT2D eigenvalue weighted by molar-refractivity contribution is 0.0805. The van der Waals surface area contributed by atoms with E-state index in [0.29, 0.717) is 25.0 Å². The van der Waals surface area contributed by atoms with Crippen molar-refractivity contribution >= 4 is 0 Å². The van der Waals surface area contributed by atoms with Crippen LogP contribution in [-0.2, 0) is 11.3 Å². The van der Waals surface area contributed by atoms with Gasteiger partial charge in [0, 0.05) is 24.8 Å². The second kappa shape index (κ2) is 8.22. The first kappa shape index (κ1) is 16.9. The van der Waals surface area contributed by atoms with E-state index < -0.39 is 0 Å². The fourth-order valence-electron chi connectivity index (χ4n) is 1.52. The molecule has 0 amide bonds. The summed E-state index contributed by atoms with van der Waals surface area (Å²) >= 11 is 0. The molecule has 0 aliphatic rings. The monoisotopic (exact) mass is 280 g/mol. The average molecular weight is 280 g/mol. The molecule has 0 bridgehead atoms. The zero-order valence-electron chi connectivity index (χ0n) is 13.4. The van der Waals surface area contributed by atoms with Crippen LogP contribution in [0.3, 0.4) is 0 Å². The Balaban J connectivity index is 2.32. The third-order valence-corrected chi connectivity index (χ3v) is 2.51. The van der Waals surface area contributed by atoms with Crippen LogP contribution in [0.1, 0.15) is 40.3 Å². The highest BCUT2D eigenvalue weighted by molar-refractivity contribution is 5.15. The van der Waals surface area contributed by atoms with Gasteiger partial charge in [-0.15, -0.1) is 0 Å². The largest absolute Gasteiger partial charge is 0.475 e. The number of rotatable bonds is 8. The highest BCUT2D eigenvalue weighted by Crippen LogP contribution is 2.09. The van der Waals surface area contributed by atoms with Gasteiger partial charge >= 0.3 is 0 Å². The number of pyridine rings is 1. The molecule has 0 unspecified atom stereocenters. The maximum Gasteiger partial charge on any atom is 0.213 e. The molecule has 1 rings (SSSR count). The molecule has 1 aromatic heterocycles. The van der Waals surface area contributed by atoms with Crippen LogP contribution in [-0.4, -0.2) is 30.3 Å². The van der Waals surface area contributed by atoms with Crippen molar-refractivity contribution in [2.45, 2.75) is 46.7 Å². The van der Waals surface area contributed by atoms with Crippen molar-refractivity contribution in [1.29, 1.82) is 0 Å². The van der Waals surface area contributed by atoms with Crippen LogP contribution >= 0.6 is 0 Å². The van der Waals surface area contributed by atoms with Crippen molar-refractivity contribution in [2.24, 2.45) is 5.92 Å². The van der Waals surface area contributed by atoms with Crippen LogP contribution in [0.4, 0.5) is 0 Å². The standard InChI is InChI=1S/C16H28N2O2/c1-13(2)12-19-9-10-20-15-8-6-7-14(18-15)11-17-16(3,4)5/h6-8,13,17H,9-12H2,1-5H3. The minimum Gasteiger partial charge on any atom is -0.475 e. The third-order valence-electron chi connectivity index (χ3n) is 2.51. The number of hydrogen-bond acceptors (Lipinski definition) is 4. The van der Waals surface area contributed by atoms with Gasteiger partial charge in [0.05, 0.1) is 12.3 Å². The summed E-state index contributed by atoms with van der Waals surface area (Å²) in [6.45, 7) is 13.3. The Morgan fingerprint density at radius 3 is 2.60 bits per heavy atom. The van der Waals surface area contributed by atoms with Gasteiger partial charge in [-0.25, -0.2) is 4.98 Å². The van der Waals surface area contributed by atoms with Crippen molar-refractivity contribution in [3.05, 3.63) is 23.9 Å². The quantitative estimate of drug-likeness (QED) is 0.743. The third kappa shape index (κ3) is 8.12. The van der Waals surface area contributed by atoms with Gasteiger partial charge in [-0.2, -0.15) is 0 Å². The molecule has 0 radical (unpaired) electrons. The van der Waals surface area contributed by atoms with E-state index in [4.69, 9.17) is 9.47 Å². The first-order valence-electron chi connectivity index (χ1n) is 7.28. The molecule has 4 heteroatoms. The van der Waals surface area contributed by atoms with Gasteiger partial charge in [0.15, 0.2) is 0 Å². The molecule has 0 saturated carbocycles. The number of ether oxygens (including phenoxy) is 2. The number of aromatic nitrogens is 1. The first-order valence-corrected chi connectivity index (χ1v) is 7.28. The van der Waals surface area contributed by atoms with Crippen molar-refractivity contribution < 1.29 is 9.47 Å². The lowest BCUT2D eigenvalue weighted by Gasteiger charge is -2.20. The van der Waals surface area contributed by atoms with Crippen LogP contribution in [0.15, 0.2) is 18.2 Å². The lowest BCUT2D eigenvalue weighted by Crippen LogP contribution is -2.35. The van der Waals surface area contributed by atoms with Crippen molar-refractivity contribution in [3.8, 4) is 5.88 Å². The molecule has 0 atom stereocenters. The summed E-state index contributed by atoms with van der Waals surface area (Å²) in [6, 6.07) is 5.85. The van der Waals surface area contributed by atoms with Crippen LogP contribution in [0.25, 0.3) is 0 Å². The Bertz CT molecular complexity index is 386. The zero-order chi connectivity index (χ0) is 15.0. The molecule has 0 aromatic carbocycles. The molecule has 0 aliphatic carbocycles. The Morgan fingerprint density at radius 1 is 1.20 bits per heavy atom. The minimum absolute atomic E-state index is 0.0865. The maximum atomic E-state index is 5.60. The summed E-state index contributed by atoms with van der Waals surface area (Å²) in [5.74, 6) is 1.21. The minimum atomic E-state index is 0.0865. The molecule has 0 fully saturated rings. The predicted octanol–water partition coefficient (Wildman–Crippen LogP) is 3.02. The van der Waals surface area contributed by atoms with E-state index in [1.165, 1.54) is 0 Å². The molecule has 0 spiro atoms. The number of nitrogens with one attached hydrogen (secondary N) is 1. The highest BCUT2D eigenvalue weighted by Gasteiger charge is 2.09. The van der Waals surface area contributed by atoms with Gasteiger partial charge in [0.2, 0.25) is 5.88 Å². The predicted molar refractivity (Wildman–Crippen MR) is 82.0 cm³/mol. The fourth-order valence-corrected chi connectivity index (χ4v) is 1.52. The fraction of sp³-hybridized carbons (Fsp3) is 0.688. The second-order valence-corrected chi connectivity index (χ2v) is 6.39. The summed E-state index contributed by atoms with van der Waals surface area (Å²) in [6.07, 6.45) is 0. The van der Waals surface area contributed by atoms with Gasteiger partial charge in [-0.3, -0.25) is 0 Å². The van der Waals surface area contributed by atoms with E-state index in [9.17, 15) is 0 Å². The number of nitrogens with zero attached hydrogens (tertiary/aromatic N) is 1. The molecule has 1 N–H and O–H groups in total. The molecule has 20 heavy (non-hydrogen) atoms. The summed E-state index contributed by atoms with van der Waals surface area (Å²) in [7, 11) is 0. The molecule has 4 nitrogen and oxygen atoms in total. The Hall–Kier alpha value is -1.13. The zero-order valence-corrected chi connectivity index (χ0v) is 13.4. The smallest absolute Gasteiger partial charge is 0.213 e. The topological polar surface area (TPSA) is 43.4 Å². The van der Waals surface area contributed by atoms with Crippen LogP contribution in [0, 0.1) is 5.92 Å². The Morgan fingerprint density at radius 2 is 1.95 bits per heavy atom. The summed E-state index contributed by atoms with van der Waals surface area (Å²) < 4.78 is 11.1. The van der Waals surface area contributed by atoms with E-state index in [-0.39, 0.29) is 5.54 Å². The summed E-state index contributed by atoms with van der Waals surface area (Å²) in [5.41, 5.74) is 1.07. The van der Waals surface area contributed by atoms with E-state index in [2.05, 4.69) is 44.9 Å². The van der Waals surface area contributed by atoms with Gasteiger partial charge in [-0.05, 0) is 32.8 Å². The van der Waals surface area contributed by atoms with Crippen LogP contribution in [0.5, 0.6) is 5.88 Å². The van der Waals surface area contributed by atoms with Gasteiger partial charge < -0.3 is 14.8 Å². The van der Waals surface area contributed by atoms with Crippen LogP contribution in [0.2, 0.25) is 0 Å². The Labute approximate surface area is 122 Å². The first-order chi connectivity index (χ1) is 9.37.